The maximum atomic E-state index is 11.9. The summed E-state index contributed by atoms with van der Waals surface area (Å²) in [5.74, 6) is 0.698. The van der Waals surface area contributed by atoms with Gasteiger partial charge in [0.15, 0.2) is 8.68 Å². The lowest BCUT2D eigenvalue weighted by atomic mass is 10.0. The quantitative estimate of drug-likeness (QED) is 0.513. The first-order valence-electron chi connectivity index (χ1n) is 7.32. The molecule has 0 radical (unpaired) electrons. The molecule has 2 heterocycles. The van der Waals surface area contributed by atoms with Crippen molar-refractivity contribution in [2.24, 2.45) is 0 Å². The van der Waals surface area contributed by atoms with Crippen molar-refractivity contribution in [3.8, 4) is 0 Å². The van der Waals surface area contributed by atoms with Crippen LogP contribution in [0.1, 0.15) is 23.1 Å². The van der Waals surface area contributed by atoms with Gasteiger partial charge in [-0.1, -0.05) is 34.9 Å². The van der Waals surface area contributed by atoms with Crippen molar-refractivity contribution in [2.75, 3.05) is 6.26 Å². The fourth-order valence-electron chi connectivity index (χ4n) is 2.89. The van der Waals surface area contributed by atoms with Crippen molar-refractivity contribution in [2.45, 2.75) is 33.7 Å². The molecule has 0 fully saturated rings. The molecule has 0 unspecified atom stereocenters. The van der Waals surface area contributed by atoms with E-state index < -0.39 is 0 Å². The Morgan fingerprint density at radius 3 is 2.74 bits per heavy atom. The highest BCUT2D eigenvalue weighted by Crippen LogP contribution is 2.33. The fourth-order valence-corrected chi connectivity index (χ4v) is 5.32. The smallest absolute Gasteiger partial charge is 0.336 e. The average Bonchev–Trinajstić information content (AvgIpc) is 3.19. The summed E-state index contributed by atoms with van der Waals surface area (Å²) in [6.07, 6.45) is 5.37. The second-order valence-corrected chi connectivity index (χ2v) is 8.64. The van der Waals surface area contributed by atoms with E-state index >= 15 is 0 Å². The van der Waals surface area contributed by atoms with E-state index in [1.165, 1.54) is 17.5 Å². The van der Waals surface area contributed by atoms with Crippen molar-refractivity contribution < 1.29 is 4.42 Å². The van der Waals surface area contributed by atoms with Crippen LogP contribution in [0.2, 0.25) is 0 Å². The summed E-state index contributed by atoms with van der Waals surface area (Å²) in [5.41, 5.74) is 4.14. The zero-order valence-corrected chi connectivity index (χ0v) is 14.9. The lowest BCUT2D eigenvalue weighted by Crippen LogP contribution is -2.00. The standard InChI is InChI=1S/C16H14N2O2S3/c1-21-15-17-18-16(23-15)22-8-11-7-14(19)20-13-6-10-4-2-3-9(10)5-12(11)13/h5-7H,2-4,8H2,1H3. The Balaban J connectivity index is 1.69. The molecular weight excluding hydrogens is 348 g/mol. The molecule has 1 aliphatic rings. The van der Waals surface area contributed by atoms with Gasteiger partial charge in [0.1, 0.15) is 5.58 Å². The summed E-state index contributed by atoms with van der Waals surface area (Å²) < 4.78 is 7.30. The third kappa shape index (κ3) is 3.05. The van der Waals surface area contributed by atoms with Crippen molar-refractivity contribution in [3.05, 3.63) is 45.3 Å². The monoisotopic (exact) mass is 362 g/mol. The minimum Gasteiger partial charge on any atom is -0.423 e. The molecule has 0 amide bonds. The fraction of sp³-hybridized carbons (Fsp3) is 0.312. The Labute approximate surface area is 145 Å². The number of fused-ring (bicyclic) bond motifs is 2. The van der Waals surface area contributed by atoms with E-state index in [0.29, 0.717) is 11.3 Å². The molecule has 1 aliphatic carbocycles. The molecule has 0 saturated carbocycles. The van der Waals surface area contributed by atoms with Crippen LogP contribution in [0.4, 0.5) is 0 Å². The van der Waals surface area contributed by atoms with Crippen LogP contribution in [0.25, 0.3) is 11.0 Å². The minimum atomic E-state index is -0.284. The molecule has 118 valence electrons. The molecule has 0 N–H and O–H groups in total. The number of benzene rings is 1. The van der Waals surface area contributed by atoms with Gasteiger partial charge in [0, 0.05) is 17.2 Å². The summed E-state index contributed by atoms with van der Waals surface area (Å²) in [4.78, 5) is 11.9. The van der Waals surface area contributed by atoms with Gasteiger partial charge in [0.2, 0.25) is 0 Å². The van der Waals surface area contributed by atoms with Gasteiger partial charge in [-0.05, 0) is 54.3 Å². The van der Waals surface area contributed by atoms with E-state index in [9.17, 15) is 4.79 Å². The second-order valence-electron chi connectivity index (χ2n) is 5.39. The van der Waals surface area contributed by atoms with Crippen LogP contribution >= 0.6 is 34.9 Å². The van der Waals surface area contributed by atoms with Crippen LogP contribution in [-0.2, 0) is 18.6 Å². The van der Waals surface area contributed by atoms with Gasteiger partial charge in [-0.2, -0.15) is 0 Å². The van der Waals surface area contributed by atoms with Gasteiger partial charge < -0.3 is 4.42 Å². The van der Waals surface area contributed by atoms with Crippen molar-refractivity contribution in [1.29, 1.82) is 0 Å². The predicted molar refractivity (Wildman–Crippen MR) is 95.8 cm³/mol. The number of rotatable bonds is 4. The lowest BCUT2D eigenvalue weighted by molar-refractivity contribution is 0.559. The molecule has 7 heteroatoms. The SMILES string of the molecule is CSc1nnc(SCc2cc(=O)oc3cc4c(cc23)CCC4)s1. The Morgan fingerprint density at radius 1 is 1.17 bits per heavy atom. The van der Waals surface area contributed by atoms with Gasteiger partial charge in [-0.3, -0.25) is 0 Å². The molecule has 2 aromatic heterocycles. The highest BCUT2D eigenvalue weighted by molar-refractivity contribution is 8.02. The molecule has 0 saturated heterocycles. The first kappa shape index (κ1) is 15.2. The number of thioether (sulfide) groups is 2. The number of aryl methyl sites for hydroxylation is 2. The van der Waals surface area contributed by atoms with Crippen LogP contribution in [0.3, 0.4) is 0 Å². The number of hydrogen-bond donors (Lipinski definition) is 0. The maximum absolute atomic E-state index is 11.9. The molecule has 0 atom stereocenters. The topological polar surface area (TPSA) is 56.0 Å². The van der Waals surface area contributed by atoms with Crippen molar-refractivity contribution in [1.82, 2.24) is 10.2 Å². The number of nitrogens with zero attached hydrogens (tertiary/aromatic N) is 2. The van der Waals surface area contributed by atoms with E-state index in [1.54, 1.807) is 40.9 Å². The van der Waals surface area contributed by atoms with Gasteiger partial charge >= 0.3 is 5.63 Å². The molecule has 4 nitrogen and oxygen atoms in total. The Hall–Kier alpha value is -1.31. The van der Waals surface area contributed by atoms with Crippen LogP contribution in [0, 0.1) is 0 Å². The van der Waals surface area contributed by atoms with Crippen LogP contribution < -0.4 is 5.63 Å². The zero-order chi connectivity index (χ0) is 15.8. The van der Waals surface area contributed by atoms with Gasteiger partial charge in [-0.15, -0.1) is 10.2 Å². The third-order valence-corrected chi connectivity index (χ3v) is 7.04. The van der Waals surface area contributed by atoms with E-state index in [4.69, 9.17) is 4.42 Å². The van der Waals surface area contributed by atoms with Crippen LogP contribution in [0.15, 0.2) is 36.1 Å². The molecule has 23 heavy (non-hydrogen) atoms. The van der Waals surface area contributed by atoms with Crippen molar-refractivity contribution >= 4 is 45.8 Å². The molecule has 0 aliphatic heterocycles. The summed E-state index contributed by atoms with van der Waals surface area (Å²) in [5, 5.41) is 9.32. The van der Waals surface area contributed by atoms with Gasteiger partial charge in [0.05, 0.1) is 0 Å². The van der Waals surface area contributed by atoms with E-state index in [-0.39, 0.29) is 5.63 Å². The predicted octanol–water partition coefficient (Wildman–Crippen LogP) is 4.15. The highest BCUT2D eigenvalue weighted by Gasteiger charge is 2.15. The molecular formula is C16H14N2O2S3. The van der Waals surface area contributed by atoms with E-state index in [2.05, 4.69) is 16.3 Å². The largest absolute Gasteiger partial charge is 0.423 e. The summed E-state index contributed by atoms with van der Waals surface area (Å²) >= 11 is 4.80. The Morgan fingerprint density at radius 2 is 1.96 bits per heavy atom. The second kappa shape index (κ2) is 6.30. The molecule has 1 aromatic carbocycles. The number of aromatic nitrogens is 2. The lowest BCUT2D eigenvalue weighted by Gasteiger charge is -2.07. The third-order valence-electron chi connectivity index (χ3n) is 3.96. The Kier molecular flexibility index (Phi) is 4.17. The summed E-state index contributed by atoms with van der Waals surface area (Å²) in [6.45, 7) is 0. The summed E-state index contributed by atoms with van der Waals surface area (Å²) in [6, 6.07) is 5.85. The first-order valence-corrected chi connectivity index (χ1v) is 10.3. The number of hydrogen-bond acceptors (Lipinski definition) is 7. The van der Waals surface area contributed by atoms with Crippen LogP contribution in [0.5, 0.6) is 0 Å². The van der Waals surface area contributed by atoms with Crippen molar-refractivity contribution in [3.63, 3.8) is 0 Å². The molecule has 0 bridgehead atoms. The van der Waals surface area contributed by atoms with E-state index in [0.717, 1.165) is 32.5 Å². The maximum Gasteiger partial charge on any atom is 0.336 e. The molecule has 0 spiro atoms. The normalized spacial score (nSPS) is 13.6. The first-order chi connectivity index (χ1) is 11.2. The van der Waals surface area contributed by atoms with Gasteiger partial charge in [0.25, 0.3) is 0 Å². The van der Waals surface area contributed by atoms with E-state index in [1.807, 2.05) is 12.3 Å². The zero-order valence-electron chi connectivity index (χ0n) is 12.5. The molecule has 3 aromatic rings. The van der Waals surface area contributed by atoms with Crippen LogP contribution in [-0.4, -0.2) is 16.5 Å². The Bertz CT molecular complexity index is 933. The summed E-state index contributed by atoms with van der Waals surface area (Å²) in [7, 11) is 0. The average molecular weight is 363 g/mol. The molecule has 4 rings (SSSR count). The highest BCUT2D eigenvalue weighted by atomic mass is 32.2. The van der Waals surface area contributed by atoms with Gasteiger partial charge in [-0.25, -0.2) is 4.79 Å². The minimum absolute atomic E-state index is 0.284.